The van der Waals surface area contributed by atoms with Gasteiger partial charge in [-0.1, -0.05) is 34.1 Å². The number of hydrogen-bond donors (Lipinski definition) is 2. The summed E-state index contributed by atoms with van der Waals surface area (Å²) in [6.07, 6.45) is 0.472. The lowest BCUT2D eigenvalue weighted by Crippen LogP contribution is -2.54. The summed E-state index contributed by atoms with van der Waals surface area (Å²) in [6.45, 7) is 12.9. The van der Waals surface area contributed by atoms with Crippen LogP contribution >= 0.6 is 0 Å². The molecule has 0 bridgehead atoms. The molecule has 2 amide bonds. The van der Waals surface area contributed by atoms with Gasteiger partial charge >= 0.3 is 12.1 Å². The zero-order chi connectivity index (χ0) is 19.8. The first-order valence-corrected chi connectivity index (χ1v) is 8.78. The van der Waals surface area contributed by atoms with Gasteiger partial charge in [0.25, 0.3) is 0 Å². The highest BCUT2D eigenvalue weighted by atomic mass is 16.6. The molecule has 7 nitrogen and oxygen atoms in total. The topological polar surface area (TPSA) is 93.7 Å². The van der Waals surface area contributed by atoms with Crippen molar-refractivity contribution in [3.63, 3.8) is 0 Å². The Balaban J connectivity index is 5.14. The van der Waals surface area contributed by atoms with Crippen molar-refractivity contribution in [3.8, 4) is 0 Å². The second-order valence-electron chi connectivity index (χ2n) is 7.72. The molecule has 0 unspecified atom stereocenters. The molecule has 0 saturated carbocycles. The SMILES string of the molecule is CC[C@@H](C)[C@H](NC(=O)[C@@H](CC(C)C)NC(=O)OC(C)(C)C)C(=O)OC. The molecule has 0 aliphatic heterocycles. The fourth-order valence-electron chi connectivity index (χ4n) is 2.20. The standard InChI is InChI=1S/C18H34N2O5/c1-9-12(4)14(16(22)24-8)20-15(21)13(10-11(2)3)19-17(23)25-18(5,6)7/h11-14H,9-10H2,1-8H3,(H,19,23)(H,20,21)/t12-,13-,14+/m1/s1. The van der Waals surface area contributed by atoms with Gasteiger partial charge in [-0.2, -0.15) is 0 Å². The molecular weight excluding hydrogens is 324 g/mol. The molecule has 0 aliphatic carbocycles. The van der Waals surface area contributed by atoms with Gasteiger partial charge < -0.3 is 20.1 Å². The number of rotatable bonds is 8. The second-order valence-corrected chi connectivity index (χ2v) is 7.72. The van der Waals surface area contributed by atoms with Gasteiger partial charge in [-0.3, -0.25) is 4.79 Å². The zero-order valence-corrected chi connectivity index (χ0v) is 16.8. The van der Waals surface area contributed by atoms with Gasteiger partial charge in [0, 0.05) is 0 Å². The molecule has 25 heavy (non-hydrogen) atoms. The molecule has 3 atom stereocenters. The van der Waals surface area contributed by atoms with Crippen molar-refractivity contribution in [2.24, 2.45) is 11.8 Å². The maximum absolute atomic E-state index is 12.6. The van der Waals surface area contributed by atoms with Gasteiger partial charge in [0.15, 0.2) is 0 Å². The number of nitrogens with one attached hydrogen (secondary N) is 2. The van der Waals surface area contributed by atoms with E-state index in [0.29, 0.717) is 12.8 Å². The van der Waals surface area contributed by atoms with E-state index in [0.717, 1.165) is 0 Å². The minimum Gasteiger partial charge on any atom is -0.467 e. The first kappa shape index (κ1) is 23.2. The maximum Gasteiger partial charge on any atom is 0.408 e. The monoisotopic (exact) mass is 358 g/mol. The lowest BCUT2D eigenvalue weighted by atomic mass is 9.97. The summed E-state index contributed by atoms with van der Waals surface area (Å²) in [5.74, 6) is -0.831. The highest BCUT2D eigenvalue weighted by molar-refractivity contribution is 5.89. The Morgan fingerprint density at radius 2 is 1.60 bits per heavy atom. The molecule has 0 rings (SSSR count). The number of esters is 1. The lowest BCUT2D eigenvalue weighted by Gasteiger charge is -2.27. The highest BCUT2D eigenvalue weighted by Gasteiger charge is 2.31. The summed E-state index contributed by atoms with van der Waals surface area (Å²) in [5, 5.41) is 5.31. The molecule has 146 valence electrons. The Kier molecular flexibility index (Phi) is 9.52. The Bertz CT molecular complexity index is 457. The normalized spacial score (nSPS) is 15.1. The van der Waals surface area contributed by atoms with E-state index in [1.807, 2.05) is 27.7 Å². The van der Waals surface area contributed by atoms with E-state index in [2.05, 4.69) is 10.6 Å². The molecule has 0 fully saturated rings. The van der Waals surface area contributed by atoms with E-state index in [1.54, 1.807) is 20.8 Å². The Morgan fingerprint density at radius 1 is 1.04 bits per heavy atom. The van der Waals surface area contributed by atoms with E-state index in [4.69, 9.17) is 9.47 Å². The largest absolute Gasteiger partial charge is 0.467 e. The van der Waals surface area contributed by atoms with Gasteiger partial charge in [-0.25, -0.2) is 9.59 Å². The molecule has 0 aromatic heterocycles. The van der Waals surface area contributed by atoms with Crippen molar-refractivity contribution in [1.29, 1.82) is 0 Å². The van der Waals surface area contributed by atoms with Crippen LogP contribution in [0.5, 0.6) is 0 Å². The van der Waals surface area contributed by atoms with E-state index in [-0.39, 0.29) is 11.8 Å². The second kappa shape index (κ2) is 10.3. The minimum atomic E-state index is -0.786. The van der Waals surface area contributed by atoms with Crippen LogP contribution in [0.1, 0.15) is 61.3 Å². The van der Waals surface area contributed by atoms with E-state index < -0.39 is 35.7 Å². The smallest absolute Gasteiger partial charge is 0.408 e. The third kappa shape index (κ3) is 9.31. The molecule has 0 aliphatic rings. The first-order chi connectivity index (χ1) is 11.4. The van der Waals surface area contributed by atoms with Gasteiger partial charge in [-0.15, -0.1) is 0 Å². The first-order valence-electron chi connectivity index (χ1n) is 8.78. The summed E-state index contributed by atoms with van der Waals surface area (Å²) in [7, 11) is 1.29. The predicted octanol–water partition coefficient (Wildman–Crippen LogP) is 2.63. The van der Waals surface area contributed by atoms with Gasteiger partial charge in [0.2, 0.25) is 5.91 Å². The van der Waals surface area contributed by atoms with Crippen molar-refractivity contribution in [2.45, 2.75) is 79.0 Å². The van der Waals surface area contributed by atoms with Crippen molar-refractivity contribution >= 4 is 18.0 Å². The van der Waals surface area contributed by atoms with Crippen LogP contribution in [0.3, 0.4) is 0 Å². The molecule has 2 N–H and O–H groups in total. The van der Waals surface area contributed by atoms with E-state index >= 15 is 0 Å². The lowest BCUT2D eigenvalue weighted by molar-refractivity contribution is -0.146. The average Bonchev–Trinajstić information content (AvgIpc) is 2.47. The van der Waals surface area contributed by atoms with Crippen LogP contribution < -0.4 is 10.6 Å². The number of alkyl carbamates (subject to hydrolysis) is 1. The summed E-state index contributed by atoms with van der Waals surface area (Å²) in [6, 6.07) is -1.54. The van der Waals surface area contributed by atoms with Crippen molar-refractivity contribution < 1.29 is 23.9 Å². The van der Waals surface area contributed by atoms with Crippen molar-refractivity contribution in [2.75, 3.05) is 7.11 Å². The Hall–Kier alpha value is -1.79. The fraction of sp³-hybridized carbons (Fsp3) is 0.833. The zero-order valence-electron chi connectivity index (χ0n) is 16.8. The van der Waals surface area contributed by atoms with Crippen molar-refractivity contribution in [1.82, 2.24) is 10.6 Å². The quantitative estimate of drug-likeness (QED) is 0.651. The molecule has 0 aromatic carbocycles. The average molecular weight is 358 g/mol. The van der Waals surface area contributed by atoms with Crippen LogP contribution in [0.25, 0.3) is 0 Å². The minimum absolute atomic E-state index is 0.0855. The maximum atomic E-state index is 12.6. The molecule has 0 radical (unpaired) electrons. The predicted molar refractivity (Wildman–Crippen MR) is 96.0 cm³/mol. The number of methoxy groups -OCH3 is 1. The number of ether oxygens (including phenoxy) is 2. The Labute approximate surface area is 151 Å². The third-order valence-electron chi connectivity index (χ3n) is 3.68. The molecule has 0 spiro atoms. The molecular formula is C18H34N2O5. The van der Waals surface area contributed by atoms with E-state index in [9.17, 15) is 14.4 Å². The van der Waals surface area contributed by atoms with Crippen LogP contribution in [0.2, 0.25) is 0 Å². The van der Waals surface area contributed by atoms with Crippen molar-refractivity contribution in [3.05, 3.63) is 0 Å². The van der Waals surface area contributed by atoms with Gasteiger partial charge in [0.1, 0.15) is 17.7 Å². The molecule has 0 saturated heterocycles. The van der Waals surface area contributed by atoms with E-state index in [1.165, 1.54) is 7.11 Å². The molecule has 0 aromatic rings. The summed E-state index contributed by atoms with van der Waals surface area (Å²) >= 11 is 0. The van der Waals surface area contributed by atoms with Crippen LogP contribution in [0.4, 0.5) is 4.79 Å². The fourth-order valence-corrected chi connectivity index (χ4v) is 2.20. The number of amides is 2. The number of carbonyl (C=O) groups excluding carboxylic acids is 3. The Morgan fingerprint density at radius 3 is 2.00 bits per heavy atom. The molecule has 7 heteroatoms. The summed E-state index contributed by atoms with van der Waals surface area (Å²) < 4.78 is 10.00. The van der Waals surface area contributed by atoms with Gasteiger partial charge in [-0.05, 0) is 39.0 Å². The van der Waals surface area contributed by atoms with Gasteiger partial charge in [0.05, 0.1) is 7.11 Å². The summed E-state index contributed by atoms with van der Waals surface area (Å²) in [4.78, 5) is 36.6. The third-order valence-corrected chi connectivity index (χ3v) is 3.68. The van der Waals surface area contributed by atoms with Crippen LogP contribution in [0.15, 0.2) is 0 Å². The van der Waals surface area contributed by atoms with Crippen LogP contribution in [-0.4, -0.2) is 42.8 Å². The highest BCUT2D eigenvalue weighted by Crippen LogP contribution is 2.12. The number of carbonyl (C=O) groups is 3. The number of hydrogen-bond acceptors (Lipinski definition) is 5. The molecule has 0 heterocycles. The van der Waals surface area contributed by atoms with Crippen LogP contribution in [0, 0.1) is 11.8 Å². The summed E-state index contributed by atoms with van der Waals surface area (Å²) in [5.41, 5.74) is -0.659. The van der Waals surface area contributed by atoms with Crippen LogP contribution in [-0.2, 0) is 19.1 Å².